The number of nitrogens with one attached hydrogen (secondary N) is 1. The van der Waals surface area contributed by atoms with Crippen LogP contribution in [0.1, 0.15) is 16.7 Å². The van der Waals surface area contributed by atoms with E-state index in [-0.39, 0.29) is 0 Å². The molecule has 0 amide bonds. The average Bonchev–Trinajstić information content (AvgIpc) is 3.29. The van der Waals surface area contributed by atoms with Gasteiger partial charge in [0.25, 0.3) is 0 Å². The molecular weight excluding hydrogens is 420 g/mol. The zero-order chi connectivity index (χ0) is 23.3. The van der Waals surface area contributed by atoms with E-state index >= 15 is 0 Å². The van der Waals surface area contributed by atoms with Gasteiger partial charge in [-0.15, -0.1) is 0 Å². The predicted octanol–water partition coefficient (Wildman–Crippen LogP) is 4.45. The third-order valence-electron chi connectivity index (χ3n) is 6.46. The summed E-state index contributed by atoms with van der Waals surface area (Å²) in [4.78, 5) is 9.71. The maximum atomic E-state index is 8.78. The number of piperazine rings is 1. The smallest absolute Gasteiger partial charge is 0.181 e. The van der Waals surface area contributed by atoms with Crippen molar-refractivity contribution >= 4 is 22.4 Å². The topological polar surface area (TPSA) is 60.1 Å². The molecule has 3 heterocycles. The molecule has 0 saturated carbocycles. The van der Waals surface area contributed by atoms with Gasteiger partial charge in [0.2, 0.25) is 0 Å². The largest absolute Gasteiger partial charge is 0.368 e. The Kier molecular flexibility index (Phi) is 6.28. The van der Waals surface area contributed by atoms with Crippen LogP contribution in [0, 0.1) is 11.5 Å². The van der Waals surface area contributed by atoms with Gasteiger partial charge in [0.05, 0.1) is 0 Å². The first-order valence-electron chi connectivity index (χ1n) is 11.6. The van der Waals surface area contributed by atoms with E-state index in [9.17, 15) is 0 Å². The molecule has 0 radical (unpaired) electrons. The fourth-order valence-electron chi connectivity index (χ4n) is 4.62. The normalized spacial score (nSPS) is 14.1. The summed E-state index contributed by atoms with van der Waals surface area (Å²) >= 11 is 0. The molecule has 2 aromatic carbocycles. The summed E-state index contributed by atoms with van der Waals surface area (Å²) in [5.74, 6) is 0. The van der Waals surface area contributed by atoms with Crippen molar-refractivity contribution in [3.05, 3.63) is 102 Å². The molecule has 5 rings (SSSR count). The van der Waals surface area contributed by atoms with Crippen LogP contribution in [-0.4, -0.2) is 40.6 Å². The Bertz CT molecular complexity index is 1310. The average molecular weight is 449 g/mol. The number of nitriles is 1. The summed E-state index contributed by atoms with van der Waals surface area (Å²) in [6.07, 6.45) is 5.96. The Morgan fingerprint density at radius 2 is 1.65 bits per heavy atom. The lowest BCUT2D eigenvalue weighted by atomic mass is 10.1. The lowest BCUT2D eigenvalue weighted by molar-refractivity contribution is 0.250. The van der Waals surface area contributed by atoms with Crippen LogP contribution in [0.2, 0.25) is 0 Å². The first kappa shape index (κ1) is 21.7. The Labute approximate surface area is 200 Å². The van der Waals surface area contributed by atoms with E-state index in [4.69, 9.17) is 10.2 Å². The highest BCUT2D eigenvalue weighted by atomic mass is 15.3. The molecule has 1 aliphatic heterocycles. The van der Waals surface area contributed by atoms with E-state index in [1.54, 1.807) is 0 Å². The van der Waals surface area contributed by atoms with Crippen molar-refractivity contribution < 1.29 is 0 Å². The molecule has 0 aliphatic carbocycles. The molecule has 4 aromatic rings. The zero-order valence-corrected chi connectivity index (χ0v) is 19.2. The molecule has 170 valence electrons. The standard InChI is InChI=1S/C28H28N6/c1-22(31-21-29)25-9-7-24(8-10-25)20-34-14-12-26-27(11-13-30-28(26)34)33-17-15-32(16-18-33)19-23-5-3-2-4-6-23/h2-14,31H,1,15-20H2. The predicted molar refractivity (Wildman–Crippen MR) is 137 cm³/mol. The van der Waals surface area contributed by atoms with Crippen molar-refractivity contribution in [2.24, 2.45) is 0 Å². The van der Waals surface area contributed by atoms with Gasteiger partial charge in [0.1, 0.15) is 5.65 Å². The molecule has 0 bridgehead atoms. The van der Waals surface area contributed by atoms with Gasteiger partial charge in [0, 0.05) is 68.4 Å². The summed E-state index contributed by atoms with van der Waals surface area (Å²) in [7, 11) is 0. The molecule has 34 heavy (non-hydrogen) atoms. The fraction of sp³-hybridized carbons (Fsp3) is 0.214. The minimum absolute atomic E-state index is 0.607. The lowest BCUT2D eigenvalue weighted by Gasteiger charge is -2.36. The summed E-state index contributed by atoms with van der Waals surface area (Å²) in [5.41, 5.74) is 6.33. The second kappa shape index (κ2) is 9.82. The van der Waals surface area contributed by atoms with Crippen LogP contribution < -0.4 is 10.2 Å². The van der Waals surface area contributed by atoms with Crippen LogP contribution in [0.5, 0.6) is 0 Å². The first-order valence-corrected chi connectivity index (χ1v) is 11.6. The lowest BCUT2D eigenvalue weighted by Crippen LogP contribution is -2.46. The molecule has 6 nitrogen and oxygen atoms in total. The molecule has 2 aromatic heterocycles. The number of rotatable bonds is 7. The van der Waals surface area contributed by atoms with E-state index in [1.165, 1.54) is 22.2 Å². The van der Waals surface area contributed by atoms with Crippen LogP contribution in [-0.2, 0) is 13.1 Å². The number of benzene rings is 2. The summed E-state index contributed by atoms with van der Waals surface area (Å²) < 4.78 is 2.20. The van der Waals surface area contributed by atoms with E-state index in [0.717, 1.165) is 50.5 Å². The number of hydrogen-bond acceptors (Lipinski definition) is 5. The summed E-state index contributed by atoms with van der Waals surface area (Å²) in [5, 5.41) is 12.6. The van der Waals surface area contributed by atoms with E-state index < -0.39 is 0 Å². The van der Waals surface area contributed by atoms with Crippen molar-refractivity contribution in [1.29, 1.82) is 5.26 Å². The molecule has 0 spiro atoms. The highest BCUT2D eigenvalue weighted by Gasteiger charge is 2.20. The van der Waals surface area contributed by atoms with Gasteiger partial charge >= 0.3 is 0 Å². The van der Waals surface area contributed by atoms with Gasteiger partial charge in [-0.1, -0.05) is 61.2 Å². The van der Waals surface area contributed by atoms with Crippen LogP contribution >= 0.6 is 0 Å². The third-order valence-corrected chi connectivity index (χ3v) is 6.46. The van der Waals surface area contributed by atoms with Crippen molar-refractivity contribution in [2.75, 3.05) is 31.1 Å². The van der Waals surface area contributed by atoms with Crippen molar-refractivity contribution in [3.63, 3.8) is 0 Å². The van der Waals surface area contributed by atoms with Crippen molar-refractivity contribution in [3.8, 4) is 6.19 Å². The fourth-order valence-corrected chi connectivity index (χ4v) is 4.62. The molecule has 1 aliphatic rings. The monoisotopic (exact) mass is 448 g/mol. The van der Waals surface area contributed by atoms with Gasteiger partial charge in [-0.25, -0.2) is 4.98 Å². The maximum absolute atomic E-state index is 8.78. The minimum Gasteiger partial charge on any atom is -0.368 e. The van der Waals surface area contributed by atoms with Gasteiger partial charge in [-0.05, 0) is 28.8 Å². The number of aromatic nitrogens is 2. The molecule has 0 atom stereocenters. The summed E-state index contributed by atoms with van der Waals surface area (Å²) in [6.45, 7) is 9.77. The number of hydrogen-bond donors (Lipinski definition) is 1. The summed E-state index contributed by atoms with van der Waals surface area (Å²) in [6, 6.07) is 23.1. The van der Waals surface area contributed by atoms with Gasteiger partial charge in [0.15, 0.2) is 6.19 Å². The Hall–Kier alpha value is -4.08. The van der Waals surface area contributed by atoms with Crippen LogP contribution in [0.25, 0.3) is 16.7 Å². The van der Waals surface area contributed by atoms with Crippen LogP contribution in [0.4, 0.5) is 5.69 Å². The zero-order valence-electron chi connectivity index (χ0n) is 19.2. The Morgan fingerprint density at radius 3 is 2.38 bits per heavy atom. The SMILES string of the molecule is C=C(NC#N)c1ccc(Cn2ccc3c(N4CCN(Cc5ccccc5)CC4)ccnc32)cc1. The Balaban J connectivity index is 1.28. The molecule has 1 N–H and O–H groups in total. The molecule has 1 fully saturated rings. The van der Waals surface area contributed by atoms with E-state index in [2.05, 4.69) is 87.1 Å². The van der Waals surface area contributed by atoms with E-state index in [1.807, 2.05) is 24.5 Å². The number of fused-ring (bicyclic) bond motifs is 1. The molecule has 6 heteroatoms. The molecular formula is C28H28N6. The van der Waals surface area contributed by atoms with Crippen LogP contribution in [0.15, 0.2) is 85.7 Å². The molecule has 0 unspecified atom stereocenters. The van der Waals surface area contributed by atoms with Crippen molar-refractivity contribution in [1.82, 2.24) is 19.8 Å². The first-order chi connectivity index (χ1) is 16.7. The van der Waals surface area contributed by atoms with Crippen molar-refractivity contribution in [2.45, 2.75) is 13.1 Å². The number of anilines is 1. The van der Waals surface area contributed by atoms with Gasteiger partial charge in [-0.3, -0.25) is 10.2 Å². The second-order valence-electron chi connectivity index (χ2n) is 8.67. The quantitative estimate of drug-likeness (QED) is 0.334. The number of pyridine rings is 1. The second-order valence-corrected chi connectivity index (χ2v) is 8.67. The number of nitrogens with zero attached hydrogens (tertiary/aromatic N) is 5. The van der Waals surface area contributed by atoms with Gasteiger partial charge in [-0.2, -0.15) is 5.26 Å². The minimum atomic E-state index is 0.607. The highest BCUT2D eigenvalue weighted by molar-refractivity contribution is 5.90. The van der Waals surface area contributed by atoms with Crippen LogP contribution in [0.3, 0.4) is 0 Å². The Morgan fingerprint density at radius 1 is 0.912 bits per heavy atom. The molecule has 1 saturated heterocycles. The third kappa shape index (κ3) is 4.66. The van der Waals surface area contributed by atoms with E-state index in [0.29, 0.717) is 5.70 Å². The van der Waals surface area contributed by atoms with Gasteiger partial charge < -0.3 is 9.47 Å². The maximum Gasteiger partial charge on any atom is 0.181 e. The highest BCUT2D eigenvalue weighted by Crippen LogP contribution is 2.28.